The molecule has 10 heteroatoms. The molecule has 3 amide bonds. The Morgan fingerprint density at radius 2 is 1.61 bits per heavy atom. The van der Waals surface area contributed by atoms with Crippen molar-refractivity contribution in [3.8, 4) is 0 Å². The minimum absolute atomic E-state index is 0.0851. The minimum Gasteiger partial charge on any atom is -0.478 e. The van der Waals surface area contributed by atoms with Crippen molar-refractivity contribution in [1.82, 2.24) is 4.90 Å². The summed E-state index contributed by atoms with van der Waals surface area (Å²) in [7, 11) is 0. The molecule has 10 nitrogen and oxygen atoms in total. The summed E-state index contributed by atoms with van der Waals surface area (Å²) in [5.74, 6) is -5.44. The molecule has 0 fully saturated rings. The van der Waals surface area contributed by atoms with E-state index in [-0.39, 0.29) is 35.2 Å². The predicted molar refractivity (Wildman–Crippen MR) is 142 cm³/mol. The Hall–Kier alpha value is -4.05. The van der Waals surface area contributed by atoms with Gasteiger partial charge >= 0.3 is 17.8 Å². The van der Waals surface area contributed by atoms with Gasteiger partial charge in [0.1, 0.15) is 0 Å². The van der Waals surface area contributed by atoms with Crippen LogP contribution in [0.1, 0.15) is 74.4 Å². The van der Waals surface area contributed by atoms with Crippen LogP contribution in [0, 0.1) is 0 Å². The smallest absolute Gasteiger partial charge is 0.395 e. The average molecular weight is 526 g/mol. The van der Waals surface area contributed by atoms with Gasteiger partial charge in [-0.05, 0) is 48.1 Å². The molecule has 0 aliphatic rings. The van der Waals surface area contributed by atoms with Gasteiger partial charge in [-0.25, -0.2) is 9.59 Å². The minimum atomic E-state index is -1.75. The molecule has 0 heterocycles. The number of carbonyl (C=O) groups excluding carboxylic acids is 3. The molecule has 0 aliphatic heterocycles. The highest BCUT2D eigenvalue weighted by molar-refractivity contribution is 6.39. The van der Waals surface area contributed by atoms with E-state index in [1.807, 2.05) is 20.8 Å². The summed E-state index contributed by atoms with van der Waals surface area (Å²) in [5, 5.41) is 19.2. The van der Waals surface area contributed by atoms with E-state index in [1.165, 1.54) is 37.3 Å². The summed E-state index contributed by atoms with van der Waals surface area (Å²) in [6.07, 6.45) is 2.61. The number of aromatic carboxylic acids is 1. The van der Waals surface area contributed by atoms with Crippen LogP contribution in [-0.4, -0.2) is 57.4 Å². The molecule has 0 saturated heterocycles. The molecule has 0 radical (unpaired) electrons. The highest BCUT2D eigenvalue weighted by Crippen LogP contribution is 2.36. The third-order valence-corrected chi connectivity index (χ3v) is 6.12. The van der Waals surface area contributed by atoms with Crippen LogP contribution in [0.4, 0.5) is 11.4 Å². The molecule has 0 aromatic heterocycles. The van der Waals surface area contributed by atoms with Crippen LogP contribution < -0.4 is 10.6 Å². The van der Waals surface area contributed by atoms with Gasteiger partial charge in [0.15, 0.2) is 0 Å². The van der Waals surface area contributed by atoms with Crippen LogP contribution in [-0.2, 0) is 25.6 Å². The lowest BCUT2D eigenvalue weighted by molar-refractivity contribution is -0.148. The van der Waals surface area contributed by atoms with Crippen LogP contribution in [0.3, 0.4) is 0 Å². The van der Waals surface area contributed by atoms with E-state index in [1.54, 1.807) is 12.1 Å². The lowest BCUT2D eigenvalue weighted by atomic mass is 9.94. The first-order valence-electron chi connectivity index (χ1n) is 12.5. The number of carboxylic acids is 2. The molecule has 2 aromatic rings. The van der Waals surface area contributed by atoms with Gasteiger partial charge in [0, 0.05) is 13.5 Å². The second-order valence-electron chi connectivity index (χ2n) is 9.34. The number of unbranched alkanes of at least 4 members (excludes halogenated alkanes) is 2. The zero-order valence-electron chi connectivity index (χ0n) is 22.1. The van der Waals surface area contributed by atoms with Gasteiger partial charge in [-0.3, -0.25) is 24.2 Å². The third-order valence-electron chi connectivity index (χ3n) is 6.12. The summed E-state index contributed by atoms with van der Waals surface area (Å²) in [6, 6.07) is 9.50. The Kier molecular flexibility index (Phi) is 10.7. The number of rotatable bonds is 11. The first-order chi connectivity index (χ1) is 17.9. The summed E-state index contributed by atoms with van der Waals surface area (Å²) in [6.45, 7) is 7.32. The number of carbonyl (C=O) groups is 5. The third kappa shape index (κ3) is 7.25. The zero-order valence-corrected chi connectivity index (χ0v) is 22.1. The van der Waals surface area contributed by atoms with Crippen molar-refractivity contribution in [2.75, 3.05) is 11.4 Å². The number of benzene rings is 2. The standard InChI is InChI=1S/C28H35N3O7/c1-5-6-9-14-30(18(4)32)25(33)22(29)16-19-12-13-24(21(15-19)17(2)3)31(26(34)28(37)38)23-11-8-7-10-20(23)27(35)36/h7-8,10-13,15,17,22H,5-6,9,14,16,29H2,1-4H3,(H,35,36)(H,37,38). The Bertz CT molecular complexity index is 1210. The number of aliphatic carboxylic acids is 1. The molecule has 0 spiro atoms. The number of hydrogen-bond donors (Lipinski definition) is 3. The van der Waals surface area contributed by atoms with Crippen molar-refractivity contribution in [3.63, 3.8) is 0 Å². The van der Waals surface area contributed by atoms with E-state index in [9.17, 15) is 34.2 Å². The quantitative estimate of drug-likeness (QED) is 0.296. The number of para-hydroxylation sites is 1. The molecule has 0 saturated carbocycles. The van der Waals surface area contributed by atoms with E-state index < -0.39 is 29.8 Å². The Balaban J connectivity index is 2.50. The summed E-state index contributed by atoms with van der Waals surface area (Å²) >= 11 is 0. The molecule has 0 aliphatic carbocycles. The molecule has 4 N–H and O–H groups in total. The first-order valence-corrected chi connectivity index (χ1v) is 12.5. The van der Waals surface area contributed by atoms with Gasteiger partial charge in [-0.15, -0.1) is 0 Å². The maximum Gasteiger partial charge on any atom is 0.395 e. The summed E-state index contributed by atoms with van der Waals surface area (Å²) in [4.78, 5) is 63.4. The van der Waals surface area contributed by atoms with E-state index in [0.717, 1.165) is 22.6 Å². The van der Waals surface area contributed by atoms with Gasteiger partial charge in [0.25, 0.3) is 0 Å². The second kappa shape index (κ2) is 13.5. The molecular formula is C28H35N3O7. The van der Waals surface area contributed by atoms with Gasteiger partial charge in [-0.1, -0.05) is 57.9 Å². The number of amides is 3. The number of imide groups is 1. The average Bonchev–Trinajstić information content (AvgIpc) is 2.86. The summed E-state index contributed by atoms with van der Waals surface area (Å²) < 4.78 is 0. The van der Waals surface area contributed by atoms with Crippen LogP contribution in [0.25, 0.3) is 0 Å². The second-order valence-corrected chi connectivity index (χ2v) is 9.34. The normalized spacial score (nSPS) is 11.6. The van der Waals surface area contributed by atoms with E-state index >= 15 is 0 Å². The molecule has 1 atom stereocenters. The molecule has 2 rings (SSSR count). The fourth-order valence-electron chi connectivity index (χ4n) is 4.17. The van der Waals surface area contributed by atoms with Crippen molar-refractivity contribution < 1.29 is 34.2 Å². The Morgan fingerprint density at radius 3 is 2.16 bits per heavy atom. The molecule has 0 bridgehead atoms. The predicted octanol–water partition coefficient (Wildman–Crippen LogP) is 3.69. The van der Waals surface area contributed by atoms with Crippen molar-refractivity contribution in [1.29, 1.82) is 0 Å². The Morgan fingerprint density at radius 1 is 0.947 bits per heavy atom. The lowest BCUT2D eigenvalue weighted by Crippen LogP contribution is -2.47. The molecular weight excluding hydrogens is 490 g/mol. The van der Waals surface area contributed by atoms with Crippen LogP contribution >= 0.6 is 0 Å². The van der Waals surface area contributed by atoms with Crippen molar-refractivity contribution in [2.24, 2.45) is 5.73 Å². The molecule has 204 valence electrons. The van der Waals surface area contributed by atoms with Gasteiger partial charge in [-0.2, -0.15) is 0 Å². The summed E-state index contributed by atoms with van der Waals surface area (Å²) in [5.41, 5.74) is 7.28. The van der Waals surface area contributed by atoms with E-state index in [4.69, 9.17) is 5.73 Å². The number of anilines is 2. The number of hydrogen-bond acceptors (Lipinski definition) is 6. The monoisotopic (exact) mass is 525 g/mol. The van der Waals surface area contributed by atoms with E-state index in [2.05, 4.69) is 0 Å². The van der Waals surface area contributed by atoms with E-state index in [0.29, 0.717) is 24.1 Å². The Labute approximate surface area is 222 Å². The number of carboxylic acid groups (broad SMARTS) is 2. The fourth-order valence-corrected chi connectivity index (χ4v) is 4.17. The number of nitrogens with zero attached hydrogens (tertiary/aromatic N) is 2. The molecule has 2 aromatic carbocycles. The molecule has 38 heavy (non-hydrogen) atoms. The van der Waals surface area contributed by atoms with Gasteiger partial charge < -0.3 is 15.9 Å². The van der Waals surface area contributed by atoms with Gasteiger partial charge in [0.05, 0.1) is 23.0 Å². The fraction of sp³-hybridized carbons (Fsp3) is 0.393. The van der Waals surface area contributed by atoms with Gasteiger partial charge in [0.2, 0.25) is 11.8 Å². The van der Waals surface area contributed by atoms with Crippen molar-refractivity contribution >= 4 is 41.0 Å². The van der Waals surface area contributed by atoms with Crippen molar-refractivity contribution in [3.05, 3.63) is 59.2 Å². The number of nitrogens with two attached hydrogens (primary N) is 1. The first kappa shape index (κ1) is 30.2. The maximum absolute atomic E-state index is 12.9. The highest BCUT2D eigenvalue weighted by Gasteiger charge is 2.31. The SMILES string of the molecule is CCCCCN(C(C)=O)C(=O)C(N)Cc1ccc(N(C(=O)C(=O)O)c2ccccc2C(=O)O)c(C(C)C)c1. The maximum atomic E-state index is 12.9. The van der Waals surface area contributed by atoms with Crippen LogP contribution in [0.15, 0.2) is 42.5 Å². The topological polar surface area (TPSA) is 158 Å². The zero-order chi connectivity index (χ0) is 28.6. The molecule has 1 unspecified atom stereocenters. The van der Waals surface area contributed by atoms with Crippen molar-refractivity contribution in [2.45, 2.75) is 65.3 Å². The van der Waals surface area contributed by atoms with Crippen LogP contribution in [0.2, 0.25) is 0 Å². The lowest BCUT2D eigenvalue weighted by Gasteiger charge is -2.27. The van der Waals surface area contributed by atoms with Crippen LogP contribution in [0.5, 0.6) is 0 Å². The largest absolute Gasteiger partial charge is 0.478 e. The highest BCUT2D eigenvalue weighted by atomic mass is 16.4.